The number of hydrogen-bond acceptors (Lipinski definition) is 2. The predicted octanol–water partition coefficient (Wildman–Crippen LogP) is 5.06. The molecule has 0 unspecified atom stereocenters. The molecule has 4 heteroatoms. The summed E-state index contributed by atoms with van der Waals surface area (Å²) in [5, 5.41) is 1.53. The number of ether oxygens (including phenoxy) is 1. The normalized spacial score (nSPS) is 10.7. The maximum atomic E-state index is 13.2. The van der Waals surface area contributed by atoms with Crippen LogP contribution in [0, 0.1) is 5.82 Å². The summed E-state index contributed by atoms with van der Waals surface area (Å²) in [6.07, 6.45) is 1.73. The third-order valence-electron chi connectivity index (χ3n) is 2.98. The largest absolute Gasteiger partial charge is 0.455 e. The zero-order chi connectivity index (χ0) is 13.9. The third kappa shape index (κ3) is 2.51. The van der Waals surface area contributed by atoms with Crippen molar-refractivity contribution >= 4 is 26.8 Å². The fourth-order valence-corrected chi connectivity index (χ4v) is 2.47. The lowest BCUT2D eigenvalue weighted by molar-refractivity contribution is 0.480. The lowest BCUT2D eigenvalue weighted by Gasteiger charge is -2.11. The predicted molar refractivity (Wildman–Crippen MR) is 80.8 cm³/mol. The molecule has 0 amide bonds. The van der Waals surface area contributed by atoms with Crippen molar-refractivity contribution in [1.82, 2.24) is 4.98 Å². The van der Waals surface area contributed by atoms with E-state index in [9.17, 15) is 4.39 Å². The smallest absolute Gasteiger partial charge is 0.153 e. The van der Waals surface area contributed by atoms with Gasteiger partial charge in [0.2, 0.25) is 0 Å². The van der Waals surface area contributed by atoms with Gasteiger partial charge in [0.15, 0.2) is 5.75 Å². The van der Waals surface area contributed by atoms with E-state index in [4.69, 9.17) is 4.74 Å². The number of para-hydroxylation sites is 1. The van der Waals surface area contributed by atoms with Crippen LogP contribution in [-0.4, -0.2) is 4.98 Å². The Labute approximate surface area is 124 Å². The van der Waals surface area contributed by atoms with Crippen molar-refractivity contribution < 1.29 is 9.13 Å². The van der Waals surface area contributed by atoms with Crippen LogP contribution in [-0.2, 0) is 5.33 Å². The van der Waals surface area contributed by atoms with Crippen molar-refractivity contribution in [3.05, 3.63) is 66.1 Å². The number of alkyl halides is 1. The van der Waals surface area contributed by atoms with Gasteiger partial charge in [-0.3, -0.25) is 4.98 Å². The molecule has 0 bridgehead atoms. The van der Waals surface area contributed by atoms with Crippen molar-refractivity contribution in [3.8, 4) is 11.5 Å². The minimum atomic E-state index is -0.275. The van der Waals surface area contributed by atoms with Crippen molar-refractivity contribution in [1.29, 1.82) is 0 Å². The molecule has 0 radical (unpaired) electrons. The van der Waals surface area contributed by atoms with Crippen LogP contribution in [0.15, 0.2) is 54.7 Å². The molecular formula is C16H11BrFNO. The van der Waals surface area contributed by atoms with Crippen LogP contribution in [0.4, 0.5) is 4.39 Å². The molecular weight excluding hydrogens is 321 g/mol. The topological polar surface area (TPSA) is 22.1 Å². The number of rotatable bonds is 3. The van der Waals surface area contributed by atoms with Crippen molar-refractivity contribution in [2.75, 3.05) is 0 Å². The van der Waals surface area contributed by atoms with Gasteiger partial charge in [0.05, 0.1) is 0 Å². The van der Waals surface area contributed by atoms with E-state index in [1.807, 2.05) is 30.3 Å². The minimum absolute atomic E-state index is 0.275. The summed E-state index contributed by atoms with van der Waals surface area (Å²) < 4.78 is 19.1. The molecule has 100 valence electrons. The van der Waals surface area contributed by atoms with Gasteiger partial charge < -0.3 is 4.74 Å². The van der Waals surface area contributed by atoms with Crippen LogP contribution >= 0.6 is 15.9 Å². The Morgan fingerprint density at radius 3 is 2.75 bits per heavy atom. The molecule has 0 aliphatic carbocycles. The molecule has 0 fully saturated rings. The van der Waals surface area contributed by atoms with Crippen LogP contribution < -0.4 is 4.74 Å². The maximum Gasteiger partial charge on any atom is 0.153 e. The Morgan fingerprint density at radius 1 is 1.05 bits per heavy atom. The molecule has 2 nitrogen and oxygen atoms in total. The lowest BCUT2D eigenvalue weighted by atomic mass is 10.2. The first-order valence-corrected chi connectivity index (χ1v) is 7.26. The number of benzene rings is 2. The summed E-state index contributed by atoms with van der Waals surface area (Å²) in [4.78, 5) is 4.34. The van der Waals surface area contributed by atoms with E-state index in [0.717, 1.165) is 16.5 Å². The zero-order valence-electron chi connectivity index (χ0n) is 10.5. The van der Waals surface area contributed by atoms with Gasteiger partial charge in [0.25, 0.3) is 0 Å². The first kappa shape index (κ1) is 13.1. The molecule has 3 rings (SSSR count). The summed E-state index contributed by atoms with van der Waals surface area (Å²) >= 11 is 3.34. The van der Waals surface area contributed by atoms with Crippen LogP contribution in [0.5, 0.6) is 11.5 Å². The summed E-state index contributed by atoms with van der Waals surface area (Å²) in [5.74, 6) is 1.01. The van der Waals surface area contributed by atoms with Gasteiger partial charge >= 0.3 is 0 Å². The van der Waals surface area contributed by atoms with Crippen LogP contribution in [0.2, 0.25) is 0 Å². The zero-order valence-corrected chi connectivity index (χ0v) is 12.1. The molecule has 0 saturated carbocycles. The Hall–Kier alpha value is -1.94. The van der Waals surface area contributed by atoms with Gasteiger partial charge in [-0.25, -0.2) is 4.39 Å². The van der Waals surface area contributed by atoms with Gasteiger partial charge in [0, 0.05) is 22.5 Å². The van der Waals surface area contributed by atoms with Crippen molar-refractivity contribution in [3.63, 3.8) is 0 Å². The molecule has 0 saturated heterocycles. The lowest BCUT2D eigenvalue weighted by Crippen LogP contribution is -1.92. The number of fused-ring (bicyclic) bond motifs is 1. The quantitative estimate of drug-likeness (QED) is 0.626. The van der Waals surface area contributed by atoms with Gasteiger partial charge in [-0.1, -0.05) is 34.1 Å². The second-order valence-electron chi connectivity index (χ2n) is 4.32. The van der Waals surface area contributed by atoms with E-state index in [0.29, 0.717) is 16.8 Å². The molecule has 0 atom stereocenters. The SMILES string of the molecule is Fc1ccc(Oc2cccc3cccnc23)c(CBr)c1. The Bertz CT molecular complexity index is 755. The molecule has 3 aromatic rings. The highest BCUT2D eigenvalue weighted by Crippen LogP contribution is 2.31. The fourth-order valence-electron chi connectivity index (χ4n) is 2.03. The van der Waals surface area contributed by atoms with Gasteiger partial charge in [-0.05, 0) is 30.3 Å². The monoisotopic (exact) mass is 331 g/mol. The summed E-state index contributed by atoms with van der Waals surface area (Å²) in [7, 11) is 0. The fraction of sp³-hybridized carbons (Fsp3) is 0.0625. The molecule has 0 spiro atoms. The standard InChI is InChI=1S/C16H11BrFNO/c17-10-12-9-13(18)6-7-14(12)20-15-5-1-3-11-4-2-8-19-16(11)15/h1-9H,10H2. The van der Waals surface area contributed by atoms with E-state index >= 15 is 0 Å². The Kier molecular flexibility index (Phi) is 3.65. The second kappa shape index (κ2) is 5.59. The van der Waals surface area contributed by atoms with E-state index < -0.39 is 0 Å². The van der Waals surface area contributed by atoms with Crippen LogP contribution in [0.1, 0.15) is 5.56 Å². The molecule has 1 heterocycles. The first-order chi connectivity index (χ1) is 9.78. The van der Waals surface area contributed by atoms with E-state index in [1.165, 1.54) is 12.1 Å². The summed E-state index contributed by atoms with van der Waals surface area (Å²) in [6, 6.07) is 14.1. The number of aromatic nitrogens is 1. The molecule has 0 N–H and O–H groups in total. The number of pyridine rings is 1. The van der Waals surface area contributed by atoms with Crippen molar-refractivity contribution in [2.24, 2.45) is 0 Å². The molecule has 0 aliphatic heterocycles. The number of hydrogen-bond donors (Lipinski definition) is 0. The highest BCUT2D eigenvalue weighted by Gasteiger charge is 2.08. The number of halogens is 2. The minimum Gasteiger partial charge on any atom is -0.455 e. The average Bonchev–Trinajstić information content (AvgIpc) is 2.49. The van der Waals surface area contributed by atoms with E-state index in [1.54, 1.807) is 12.3 Å². The van der Waals surface area contributed by atoms with E-state index in [-0.39, 0.29) is 5.82 Å². The maximum absolute atomic E-state index is 13.2. The molecule has 20 heavy (non-hydrogen) atoms. The van der Waals surface area contributed by atoms with E-state index in [2.05, 4.69) is 20.9 Å². The average molecular weight is 332 g/mol. The molecule has 2 aromatic carbocycles. The van der Waals surface area contributed by atoms with Gasteiger partial charge in [-0.15, -0.1) is 0 Å². The third-order valence-corrected chi connectivity index (χ3v) is 3.59. The number of nitrogens with zero attached hydrogens (tertiary/aromatic N) is 1. The van der Waals surface area contributed by atoms with Crippen molar-refractivity contribution in [2.45, 2.75) is 5.33 Å². The Morgan fingerprint density at radius 2 is 1.90 bits per heavy atom. The summed E-state index contributed by atoms with van der Waals surface area (Å²) in [5.41, 5.74) is 1.55. The molecule has 0 aliphatic rings. The van der Waals surface area contributed by atoms with Crippen LogP contribution in [0.25, 0.3) is 10.9 Å². The second-order valence-corrected chi connectivity index (χ2v) is 4.88. The van der Waals surface area contributed by atoms with Gasteiger partial charge in [0.1, 0.15) is 17.1 Å². The summed E-state index contributed by atoms with van der Waals surface area (Å²) in [6.45, 7) is 0. The highest BCUT2D eigenvalue weighted by molar-refractivity contribution is 9.08. The van der Waals surface area contributed by atoms with Crippen LogP contribution in [0.3, 0.4) is 0 Å². The first-order valence-electron chi connectivity index (χ1n) is 6.14. The Balaban J connectivity index is 2.05. The molecule has 1 aromatic heterocycles. The highest BCUT2D eigenvalue weighted by atomic mass is 79.9. The van der Waals surface area contributed by atoms with Gasteiger partial charge in [-0.2, -0.15) is 0 Å².